The highest BCUT2D eigenvalue weighted by Gasteiger charge is 2.22. The zero-order chi connectivity index (χ0) is 7.49. The average molecular weight is 134 g/mol. The van der Waals surface area contributed by atoms with Crippen LogP contribution in [0.3, 0.4) is 0 Å². The van der Waals surface area contributed by atoms with Gasteiger partial charge in [-0.2, -0.15) is 0 Å². The van der Waals surface area contributed by atoms with Crippen LogP contribution < -0.4 is 0 Å². The van der Waals surface area contributed by atoms with Crippen LogP contribution >= 0.6 is 0 Å². The molecule has 0 heterocycles. The molecule has 0 atom stereocenters. The van der Waals surface area contributed by atoms with Gasteiger partial charge in [-0.1, -0.05) is 13.8 Å². The standard InChI is InChI=1S/C6H14O3/c1-5(2)4-6(7,8)9-3/h5,7-8H,4H2,1-3H3. The summed E-state index contributed by atoms with van der Waals surface area (Å²) in [5, 5.41) is 17.7. The minimum atomic E-state index is -1.94. The molecule has 0 amide bonds. The fourth-order valence-electron chi connectivity index (χ4n) is 0.615. The highest BCUT2D eigenvalue weighted by Crippen LogP contribution is 2.13. The lowest BCUT2D eigenvalue weighted by Crippen LogP contribution is -2.31. The van der Waals surface area contributed by atoms with E-state index in [0.717, 1.165) is 0 Å². The van der Waals surface area contributed by atoms with Gasteiger partial charge in [0.25, 0.3) is 5.97 Å². The van der Waals surface area contributed by atoms with Gasteiger partial charge in [0.05, 0.1) is 0 Å². The fourth-order valence-corrected chi connectivity index (χ4v) is 0.615. The first-order valence-electron chi connectivity index (χ1n) is 2.98. The van der Waals surface area contributed by atoms with Crippen LogP contribution in [0.15, 0.2) is 0 Å². The summed E-state index contributed by atoms with van der Waals surface area (Å²) < 4.78 is 4.36. The van der Waals surface area contributed by atoms with Crippen molar-refractivity contribution < 1.29 is 14.9 Å². The van der Waals surface area contributed by atoms with E-state index in [1.54, 1.807) is 0 Å². The number of aliphatic hydroxyl groups is 2. The van der Waals surface area contributed by atoms with Gasteiger partial charge < -0.3 is 14.9 Å². The molecule has 0 aromatic carbocycles. The Hall–Kier alpha value is -0.120. The zero-order valence-electron chi connectivity index (χ0n) is 6.09. The number of methoxy groups -OCH3 is 1. The van der Waals surface area contributed by atoms with Crippen LogP contribution in [-0.2, 0) is 4.74 Å². The van der Waals surface area contributed by atoms with E-state index in [2.05, 4.69) is 4.74 Å². The van der Waals surface area contributed by atoms with E-state index in [4.69, 9.17) is 10.2 Å². The summed E-state index contributed by atoms with van der Waals surface area (Å²) in [5.74, 6) is -1.71. The third-order valence-electron chi connectivity index (χ3n) is 1.00. The largest absolute Gasteiger partial charge is 0.343 e. The summed E-state index contributed by atoms with van der Waals surface area (Å²) in [5.41, 5.74) is 0. The first-order chi connectivity index (χ1) is 3.98. The molecule has 0 fully saturated rings. The summed E-state index contributed by atoms with van der Waals surface area (Å²) in [7, 11) is 1.27. The van der Waals surface area contributed by atoms with Crippen molar-refractivity contribution in [2.75, 3.05) is 7.11 Å². The van der Waals surface area contributed by atoms with E-state index in [-0.39, 0.29) is 12.3 Å². The van der Waals surface area contributed by atoms with Gasteiger partial charge in [0.2, 0.25) is 0 Å². The second kappa shape index (κ2) is 3.15. The van der Waals surface area contributed by atoms with Gasteiger partial charge in [0.1, 0.15) is 0 Å². The molecule has 0 aliphatic heterocycles. The molecular weight excluding hydrogens is 120 g/mol. The Balaban J connectivity index is 3.58. The molecule has 56 valence electrons. The molecule has 0 aromatic rings. The maximum absolute atomic E-state index is 8.83. The molecule has 3 heteroatoms. The third-order valence-corrected chi connectivity index (χ3v) is 1.00. The van der Waals surface area contributed by atoms with Crippen LogP contribution in [0.5, 0.6) is 0 Å². The lowest BCUT2D eigenvalue weighted by molar-refractivity contribution is -0.333. The summed E-state index contributed by atoms with van der Waals surface area (Å²) >= 11 is 0. The van der Waals surface area contributed by atoms with Crippen LogP contribution in [0.1, 0.15) is 20.3 Å². The van der Waals surface area contributed by atoms with Gasteiger partial charge >= 0.3 is 0 Å². The van der Waals surface area contributed by atoms with Gasteiger partial charge in [-0.3, -0.25) is 0 Å². The van der Waals surface area contributed by atoms with Gasteiger partial charge in [-0.25, -0.2) is 0 Å². The molecule has 0 saturated heterocycles. The first-order valence-corrected chi connectivity index (χ1v) is 2.98. The van der Waals surface area contributed by atoms with E-state index < -0.39 is 5.97 Å². The topological polar surface area (TPSA) is 49.7 Å². The Morgan fingerprint density at radius 1 is 1.44 bits per heavy atom. The molecule has 0 bridgehead atoms. The molecule has 2 N–H and O–H groups in total. The van der Waals surface area contributed by atoms with E-state index in [1.165, 1.54) is 7.11 Å². The summed E-state index contributed by atoms with van der Waals surface area (Å²) in [6.07, 6.45) is 0.240. The average Bonchev–Trinajstić information content (AvgIpc) is 1.63. The molecule has 0 radical (unpaired) electrons. The van der Waals surface area contributed by atoms with Crippen LogP contribution in [0, 0.1) is 5.92 Å². The molecule has 0 aliphatic carbocycles. The predicted octanol–water partition coefficient (Wildman–Crippen LogP) is 0.317. The van der Waals surface area contributed by atoms with Crippen LogP contribution in [0.2, 0.25) is 0 Å². The van der Waals surface area contributed by atoms with Gasteiger partial charge in [-0.15, -0.1) is 0 Å². The molecular formula is C6H14O3. The predicted molar refractivity (Wildman–Crippen MR) is 33.6 cm³/mol. The lowest BCUT2D eigenvalue weighted by Gasteiger charge is -2.20. The monoisotopic (exact) mass is 134 g/mol. The fraction of sp³-hybridized carbons (Fsp3) is 1.00. The van der Waals surface area contributed by atoms with Crippen molar-refractivity contribution in [3.63, 3.8) is 0 Å². The van der Waals surface area contributed by atoms with Crippen molar-refractivity contribution in [1.29, 1.82) is 0 Å². The van der Waals surface area contributed by atoms with Crippen LogP contribution in [-0.4, -0.2) is 23.3 Å². The normalized spacial score (nSPS) is 12.7. The second-order valence-electron chi connectivity index (χ2n) is 2.55. The maximum Gasteiger partial charge on any atom is 0.277 e. The van der Waals surface area contributed by atoms with Crippen LogP contribution in [0.25, 0.3) is 0 Å². The van der Waals surface area contributed by atoms with Gasteiger partial charge in [0, 0.05) is 13.5 Å². The number of ether oxygens (including phenoxy) is 1. The second-order valence-corrected chi connectivity index (χ2v) is 2.55. The molecule has 0 aliphatic rings. The van der Waals surface area contributed by atoms with E-state index in [0.29, 0.717) is 0 Å². The first kappa shape index (κ1) is 8.88. The minimum Gasteiger partial charge on any atom is -0.343 e. The minimum absolute atomic E-state index is 0.222. The van der Waals surface area contributed by atoms with Crippen LogP contribution in [0.4, 0.5) is 0 Å². The quantitative estimate of drug-likeness (QED) is 0.546. The number of hydrogen-bond donors (Lipinski definition) is 2. The lowest BCUT2D eigenvalue weighted by atomic mass is 10.1. The SMILES string of the molecule is COC(O)(O)CC(C)C. The summed E-state index contributed by atoms with van der Waals surface area (Å²) in [4.78, 5) is 0. The van der Waals surface area contributed by atoms with Crippen molar-refractivity contribution >= 4 is 0 Å². The molecule has 0 unspecified atom stereocenters. The molecule has 0 spiro atoms. The highest BCUT2D eigenvalue weighted by molar-refractivity contribution is 4.53. The van der Waals surface area contributed by atoms with E-state index in [9.17, 15) is 0 Å². The Labute approximate surface area is 55.3 Å². The van der Waals surface area contributed by atoms with Gasteiger partial charge in [0.15, 0.2) is 0 Å². The molecule has 0 rings (SSSR count). The Morgan fingerprint density at radius 2 is 1.89 bits per heavy atom. The number of rotatable bonds is 3. The summed E-state index contributed by atoms with van der Waals surface area (Å²) in [6.45, 7) is 3.78. The van der Waals surface area contributed by atoms with Crippen molar-refractivity contribution in [3.05, 3.63) is 0 Å². The van der Waals surface area contributed by atoms with Crippen molar-refractivity contribution in [2.45, 2.75) is 26.2 Å². The zero-order valence-corrected chi connectivity index (χ0v) is 6.09. The third kappa shape index (κ3) is 4.39. The van der Waals surface area contributed by atoms with Crippen molar-refractivity contribution in [1.82, 2.24) is 0 Å². The maximum atomic E-state index is 8.83. The van der Waals surface area contributed by atoms with E-state index in [1.807, 2.05) is 13.8 Å². The van der Waals surface area contributed by atoms with Gasteiger partial charge in [-0.05, 0) is 5.92 Å². The smallest absolute Gasteiger partial charge is 0.277 e. The highest BCUT2D eigenvalue weighted by atomic mass is 16.8. The summed E-state index contributed by atoms with van der Waals surface area (Å²) in [6, 6.07) is 0. The van der Waals surface area contributed by atoms with Crippen molar-refractivity contribution in [3.8, 4) is 0 Å². The Kier molecular flexibility index (Phi) is 3.11. The molecule has 9 heavy (non-hydrogen) atoms. The number of hydrogen-bond acceptors (Lipinski definition) is 3. The molecule has 0 saturated carbocycles. The molecule has 0 aromatic heterocycles. The molecule has 3 nitrogen and oxygen atoms in total. The van der Waals surface area contributed by atoms with Crippen molar-refractivity contribution in [2.24, 2.45) is 5.92 Å². The van der Waals surface area contributed by atoms with E-state index >= 15 is 0 Å². The Morgan fingerprint density at radius 3 is 2.00 bits per heavy atom. The Bertz CT molecular complexity index is 78.4.